The monoisotopic (exact) mass is 485 g/mol. The maximum atomic E-state index is 12.8. The number of carbonyl (C=O) groups is 3. The quantitative estimate of drug-likeness (QED) is 0.467. The van der Waals surface area contributed by atoms with Crippen molar-refractivity contribution in [3.8, 4) is 0 Å². The Hall–Kier alpha value is -3.50. The third kappa shape index (κ3) is 5.89. The molecule has 0 aromatic carbocycles. The van der Waals surface area contributed by atoms with E-state index in [1.807, 2.05) is 0 Å². The van der Waals surface area contributed by atoms with Gasteiger partial charge in [-0.15, -0.1) is 0 Å². The molecule has 1 aliphatic rings. The maximum absolute atomic E-state index is 12.8. The highest BCUT2D eigenvalue weighted by Crippen LogP contribution is 2.30. The lowest BCUT2D eigenvalue weighted by Crippen LogP contribution is -2.40. The Kier molecular flexibility index (Phi) is 7.71. The normalized spacial score (nSPS) is 13.6. The van der Waals surface area contributed by atoms with Crippen LogP contribution in [0.15, 0.2) is 41.1 Å². The van der Waals surface area contributed by atoms with Crippen LogP contribution in [-0.4, -0.2) is 58.9 Å². The van der Waals surface area contributed by atoms with Crippen molar-refractivity contribution in [1.29, 1.82) is 0 Å². The molecule has 3 amide bonds. The molecule has 0 bridgehead atoms. The summed E-state index contributed by atoms with van der Waals surface area (Å²) in [6.45, 7) is 2.34. The Balaban J connectivity index is 1.37. The van der Waals surface area contributed by atoms with Crippen LogP contribution in [0, 0.1) is 0 Å². The molecule has 0 radical (unpaired) electrons. The van der Waals surface area contributed by atoms with E-state index in [2.05, 4.69) is 20.6 Å². The third-order valence-corrected chi connectivity index (χ3v) is 5.52. The molecule has 1 fully saturated rings. The first kappa shape index (κ1) is 23.7. The summed E-state index contributed by atoms with van der Waals surface area (Å²) in [5.74, 6) is -0.611. The molecule has 0 spiro atoms. The molecule has 34 heavy (non-hydrogen) atoms. The molecule has 3 aromatic heterocycles. The molecule has 0 saturated carbocycles. The molecule has 10 nitrogen and oxygen atoms in total. The lowest BCUT2D eigenvalue weighted by molar-refractivity contribution is -0.135. The predicted molar refractivity (Wildman–Crippen MR) is 126 cm³/mol. The number of pyridine rings is 2. The first-order valence-electron chi connectivity index (χ1n) is 11.0. The molecule has 0 atom stereocenters. The number of hydrogen-bond acceptors (Lipinski definition) is 7. The lowest BCUT2D eigenvalue weighted by atomic mass is 10.1. The standard InChI is InChI=1S/C23H24ClN5O5/c24-15-7-8-17(26-14-15)27-23(32)22-21(20-16(34-22)4-3-9-25-20)28-18(30)5-1-2-6-19(31)29-10-12-33-13-11-29/h3-4,7-9,14H,1-2,5-6,10-13H2,(H,28,30)(H,26,27,32). The van der Waals surface area contributed by atoms with Crippen molar-refractivity contribution < 1.29 is 23.5 Å². The number of nitrogens with zero attached hydrogens (tertiary/aromatic N) is 3. The van der Waals surface area contributed by atoms with Crippen molar-refractivity contribution in [1.82, 2.24) is 14.9 Å². The largest absolute Gasteiger partial charge is 0.447 e. The zero-order valence-corrected chi connectivity index (χ0v) is 19.1. The Morgan fingerprint density at radius 3 is 2.59 bits per heavy atom. The van der Waals surface area contributed by atoms with Crippen LogP contribution in [0.2, 0.25) is 5.02 Å². The molecule has 4 heterocycles. The smallest absolute Gasteiger partial charge is 0.294 e. The Bertz CT molecular complexity index is 1170. The fourth-order valence-electron chi connectivity index (χ4n) is 3.56. The SMILES string of the molecule is O=C(CCCCC(=O)N1CCOCC1)Nc1c(C(=O)Nc2ccc(Cl)cn2)oc2cccnc12. The zero-order valence-electron chi connectivity index (χ0n) is 18.4. The van der Waals surface area contributed by atoms with Crippen molar-refractivity contribution >= 4 is 51.9 Å². The van der Waals surface area contributed by atoms with E-state index in [9.17, 15) is 14.4 Å². The van der Waals surface area contributed by atoms with Gasteiger partial charge in [0.15, 0.2) is 5.58 Å². The summed E-state index contributed by atoms with van der Waals surface area (Å²) in [7, 11) is 0. The highest BCUT2D eigenvalue weighted by Gasteiger charge is 2.24. The van der Waals surface area contributed by atoms with E-state index in [1.165, 1.54) is 6.20 Å². The van der Waals surface area contributed by atoms with Crippen molar-refractivity contribution in [3.63, 3.8) is 0 Å². The summed E-state index contributed by atoms with van der Waals surface area (Å²) < 4.78 is 10.9. The molecule has 1 saturated heterocycles. The fraction of sp³-hybridized carbons (Fsp3) is 0.348. The summed E-state index contributed by atoms with van der Waals surface area (Å²) in [5, 5.41) is 5.81. The van der Waals surface area contributed by atoms with Gasteiger partial charge in [0.2, 0.25) is 17.6 Å². The van der Waals surface area contributed by atoms with Gasteiger partial charge >= 0.3 is 0 Å². The van der Waals surface area contributed by atoms with Gasteiger partial charge < -0.3 is 24.7 Å². The van der Waals surface area contributed by atoms with E-state index in [4.69, 9.17) is 20.8 Å². The van der Waals surface area contributed by atoms with Crippen molar-refractivity contribution in [2.75, 3.05) is 36.9 Å². The molecule has 0 aliphatic carbocycles. The van der Waals surface area contributed by atoms with Crippen LogP contribution in [-0.2, 0) is 14.3 Å². The molecular weight excluding hydrogens is 462 g/mol. The number of ether oxygens (including phenoxy) is 1. The average Bonchev–Trinajstić information content (AvgIpc) is 3.22. The number of furan rings is 1. The topological polar surface area (TPSA) is 127 Å². The second kappa shape index (κ2) is 11.1. The van der Waals surface area contributed by atoms with Crippen LogP contribution >= 0.6 is 11.6 Å². The van der Waals surface area contributed by atoms with Gasteiger partial charge in [0.1, 0.15) is 17.0 Å². The average molecular weight is 486 g/mol. The van der Waals surface area contributed by atoms with Crippen molar-refractivity contribution in [2.45, 2.75) is 25.7 Å². The summed E-state index contributed by atoms with van der Waals surface area (Å²) in [5.41, 5.74) is 0.923. The number of amides is 3. The first-order valence-corrected chi connectivity index (χ1v) is 11.3. The van der Waals surface area contributed by atoms with Gasteiger partial charge in [-0.25, -0.2) is 4.98 Å². The van der Waals surface area contributed by atoms with Crippen molar-refractivity contribution in [3.05, 3.63) is 47.4 Å². The zero-order chi connectivity index (χ0) is 23.9. The number of aromatic nitrogens is 2. The Morgan fingerprint density at radius 1 is 1.03 bits per heavy atom. The Morgan fingerprint density at radius 2 is 1.82 bits per heavy atom. The minimum atomic E-state index is -0.584. The van der Waals surface area contributed by atoms with Gasteiger partial charge in [0.25, 0.3) is 5.91 Å². The minimum absolute atomic E-state index is 0.0727. The second-order valence-corrected chi connectivity index (χ2v) is 8.16. The predicted octanol–water partition coefficient (Wildman–Crippen LogP) is 3.49. The number of halogens is 1. The van der Waals surface area contributed by atoms with Crippen LogP contribution < -0.4 is 10.6 Å². The highest BCUT2D eigenvalue weighted by molar-refractivity contribution is 6.30. The van der Waals surface area contributed by atoms with Gasteiger partial charge in [-0.3, -0.25) is 19.4 Å². The summed E-state index contributed by atoms with van der Waals surface area (Å²) >= 11 is 5.83. The van der Waals surface area contributed by atoms with Crippen LogP contribution in [0.5, 0.6) is 0 Å². The van der Waals surface area contributed by atoms with E-state index in [0.29, 0.717) is 61.7 Å². The fourth-order valence-corrected chi connectivity index (χ4v) is 3.67. The molecule has 4 rings (SSSR count). The van der Waals surface area contributed by atoms with Crippen LogP contribution in [0.25, 0.3) is 11.1 Å². The highest BCUT2D eigenvalue weighted by atomic mass is 35.5. The first-order chi connectivity index (χ1) is 16.5. The summed E-state index contributed by atoms with van der Waals surface area (Å²) in [6, 6.07) is 6.48. The number of carbonyl (C=O) groups excluding carboxylic acids is 3. The molecular formula is C23H24ClN5O5. The summed E-state index contributed by atoms with van der Waals surface area (Å²) in [4.78, 5) is 47.8. The van der Waals surface area contributed by atoms with E-state index in [1.54, 1.807) is 35.4 Å². The lowest BCUT2D eigenvalue weighted by Gasteiger charge is -2.26. The summed E-state index contributed by atoms with van der Waals surface area (Å²) in [6.07, 6.45) is 4.64. The van der Waals surface area contributed by atoms with Gasteiger partial charge in [0, 0.05) is 38.3 Å². The molecule has 11 heteroatoms. The molecule has 1 aliphatic heterocycles. The maximum Gasteiger partial charge on any atom is 0.294 e. The van der Waals surface area contributed by atoms with E-state index in [0.717, 1.165) is 0 Å². The van der Waals surface area contributed by atoms with E-state index in [-0.39, 0.29) is 35.5 Å². The van der Waals surface area contributed by atoms with Crippen LogP contribution in [0.3, 0.4) is 0 Å². The van der Waals surface area contributed by atoms with Crippen molar-refractivity contribution in [2.24, 2.45) is 0 Å². The number of morpholine rings is 1. The van der Waals surface area contributed by atoms with Crippen LogP contribution in [0.4, 0.5) is 11.5 Å². The molecule has 0 unspecified atom stereocenters. The van der Waals surface area contributed by atoms with Gasteiger partial charge in [-0.1, -0.05) is 11.6 Å². The van der Waals surface area contributed by atoms with E-state index >= 15 is 0 Å². The van der Waals surface area contributed by atoms with Crippen LogP contribution in [0.1, 0.15) is 36.2 Å². The minimum Gasteiger partial charge on any atom is -0.447 e. The Labute approximate surface area is 200 Å². The number of rotatable bonds is 8. The number of hydrogen-bond donors (Lipinski definition) is 2. The van der Waals surface area contributed by atoms with Gasteiger partial charge in [-0.2, -0.15) is 0 Å². The van der Waals surface area contributed by atoms with Gasteiger partial charge in [0.05, 0.1) is 18.2 Å². The number of unbranched alkanes of at least 4 members (excludes halogenated alkanes) is 1. The molecule has 2 N–H and O–H groups in total. The number of fused-ring (bicyclic) bond motifs is 1. The van der Waals surface area contributed by atoms with Gasteiger partial charge in [-0.05, 0) is 37.1 Å². The van der Waals surface area contributed by atoms with E-state index < -0.39 is 5.91 Å². The number of anilines is 2. The third-order valence-electron chi connectivity index (χ3n) is 5.29. The number of nitrogens with one attached hydrogen (secondary N) is 2. The molecule has 178 valence electrons. The molecule has 3 aromatic rings. The second-order valence-electron chi connectivity index (χ2n) is 7.72.